The molecule has 0 saturated carbocycles. The molecule has 0 bridgehead atoms. The number of methoxy groups -OCH3 is 1. The summed E-state index contributed by atoms with van der Waals surface area (Å²) in [7, 11) is -2.95. The Morgan fingerprint density at radius 3 is 2.72 bits per heavy atom. The molecular formula is C10H18FNO5S. The van der Waals surface area contributed by atoms with Crippen LogP contribution < -0.4 is 0 Å². The molecule has 1 unspecified atom stereocenters. The van der Waals surface area contributed by atoms with Crippen LogP contribution in [-0.2, 0) is 24.5 Å². The first-order valence-corrected chi connectivity index (χ1v) is 7.24. The van der Waals surface area contributed by atoms with Crippen molar-refractivity contribution in [3.8, 4) is 0 Å². The molecule has 0 aromatic carbocycles. The van der Waals surface area contributed by atoms with Gasteiger partial charge in [0.05, 0.1) is 25.6 Å². The lowest BCUT2D eigenvalue weighted by atomic mass is 10.1. The molecule has 1 fully saturated rings. The summed E-state index contributed by atoms with van der Waals surface area (Å²) in [5.74, 6) is -1.19. The highest BCUT2D eigenvalue weighted by Crippen LogP contribution is 2.19. The normalized spacial score (nSPS) is 20.7. The maximum atomic E-state index is 12.5. The number of nitrogens with zero attached hydrogens (tertiary/aromatic N) is 1. The SMILES string of the molecule is COCCOCCN1CC(CS(=O)(=O)F)CC1=O. The van der Waals surface area contributed by atoms with Gasteiger partial charge in [0, 0.05) is 32.5 Å². The predicted octanol–water partition coefficient (Wildman–Crippen LogP) is -0.203. The lowest BCUT2D eigenvalue weighted by molar-refractivity contribution is -0.128. The summed E-state index contributed by atoms with van der Waals surface area (Å²) in [5, 5.41) is 0. The number of halogens is 1. The van der Waals surface area contributed by atoms with E-state index in [1.54, 1.807) is 7.11 Å². The zero-order valence-corrected chi connectivity index (χ0v) is 11.1. The molecule has 1 atom stereocenters. The molecule has 0 aliphatic carbocycles. The summed E-state index contributed by atoms with van der Waals surface area (Å²) < 4.78 is 43.5. The Kier molecular flexibility index (Phi) is 5.97. The Balaban J connectivity index is 2.25. The van der Waals surface area contributed by atoms with Crippen molar-refractivity contribution in [1.82, 2.24) is 4.90 Å². The quantitative estimate of drug-likeness (QED) is 0.455. The van der Waals surface area contributed by atoms with E-state index < -0.39 is 21.9 Å². The molecule has 1 rings (SSSR count). The Morgan fingerprint density at radius 1 is 1.39 bits per heavy atom. The van der Waals surface area contributed by atoms with E-state index in [2.05, 4.69) is 0 Å². The Labute approximate surface area is 106 Å². The van der Waals surface area contributed by atoms with Crippen LogP contribution in [0.5, 0.6) is 0 Å². The summed E-state index contributed by atoms with van der Waals surface area (Å²) in [5.41, 5.74) is 0. The van der Waals surface area contributed by atoms with Crippen molar-refractivity contribution in [2.24, 2.45) is 5.92 Å². The van der Waals surface area contributed by atoms with Gasteiger partial charge in [0.2, 0.25) is 5.91 Å². The van der Waals surface area contributed by atoms with Crippen molar-refractivity contribution < 1.29 is 26.6 Å². The average molecular weight is 283 g/mol. The monoisotopic (exact) mass is 283 g/mol. The topological polar surface area (TPSA) is 72.9 Å². The van der Waals surface area contributed by atoms with Crippen molar-refractivity contribution in [1.29, 1.82) is 0 Å². The van der Waals surface area contributed by atoms with Crippen molar-refractivity contribution in [2.75, 3.05) is 45.8 Å². The summed E-state index contributed by atoms with van der Waals surface area (Å²) >= 11 is 0. The van der Waals surface area contributed by atoms with Gasteiger partial charge < -0.3 is 14.4 Å². The van der Waals surface area contributed by atoms with Gasteiger partial charge in [0.25, 0.3) is 0 Å². The third-order valence-electron chi connectivity index (χ3n) is 2.67. The maximum Gasteiger partial charge on any atom is 0.302 e. The van der Waals surface area contributed by atoms with Gasteiger partial charge in [-0.05, 0) is 0 Å². The Bertz CT molecular complexity index is 372. The van der Waals surface area contributed by atoms with Crippen LogP contribution in [0.25, 0.3) is 0 Å². The van der Waals surface area contributed by atoms with Crippen LogP contribution in [0, 0.1) is 5.92 Å². The molecule has 1 amide bonds. The van der Waals surface area contributed by atoms with Crippen molar-refractivity contribution in [3.63, 3.8) is 0 Å². The highest BCUT2D eigenvalue weighted by molar-refractivity contribution is 7.86. The van der Waals surface area contributed by atoms with Gasteiger partial charge in [0.1, 0.15) is 0 Å². The first-order valence-electron chi connectivity index (χ1n) is 5.69. The summed E-state index contributed by atoms with van der Waals surface area (Å²) in [6.07, 6.45) is 0.0845. The number of rotatable bonds is 8. The van der Waals surface area contributed by atoms with Gasteiger partial charge in [-0.3, -0.25) is 4.79 Å². The number of amides is 1. The molecule has 106 valence electrons. The molecule has 1 heterocycles. The van der Waals surface area contributed by atoms with Gasteiger partial charge in [-0.15, -0.1) is 3.89 Å². The molecule has 0 spiro atoms. The zero-order valence-electron chi connectivity index (χ0n) is 10.3. The van der Waals surface area contributed by atoms with Gasteiger partial charge in [-0.2, -0.15) is 8.42 Å². The molecule has 0 radical (unpaired) electrons. The van der Waals surface area contributed by atoms with Crippen LogP contribution in [0.15, 0.2) is 0 Å². The smallest absolute Gasteiger partial charge is 0.302 e. The molecule has 18 heavy (non-hydrogen) atoms. The van der Waals surface area contributed by atoms with Crippen LogP contribution >= 0.6 is 0 Å². The molecule has 0 aromatic heterocycles. The second-order valence-electron chi connectivity index (χ2n) is 4.22. The van der Waals surface area contributed by atoms with Crippen molar-refractivity contribution >= 4 is 16.1 Å². The van der Waals surface area contributed by atoms with E-state index in [-0.39, 0.29) is 18.9 Å². The summed E-state index contributed by atoms with van der Waals surface area (Å²) in [6, 6.07) is 0. The van der Waals surface area contributed by atoms with Gasteiger partial charge in [0.15, 0.2) is 0 Å². The molecular weight excluding hydrogens is 265 g/mol. The van der Waals surface area contributed by atoms with Crippen LogP contribution in [0.2, 0.25) is 0 Å². The van der Waals surface area contributed by atoms with Gasteiger partial charge in [-0.25, -0.2) is 0 Å². The van der Waals surface area contributed by atoms with E-state index >= 15 is 0 Å². The standard InChI is InChI=1S/C10H18FNO5S/c1-16-4-5-17-3-2-12-7-9(6-10(12)13)8-18(11,14)15/h9H,2-8H2,1H3. The lowest BCUT2D eigenvalue weighted by Gasteiger charge is -2.16. The Hall–Kier alpha value is -0.730. The molecule has 0 aromatic rings. The minimum atomic E-state index is -4.51. The largest absolute Gasteiger partial charge is 0.382 e. The van der Waals surface area contributed by atoms with Crippen LogP contribution in [0.3, 0.4) is 0 Å². The van der Waals surface area contributed by atoms with Gasteiger partial charge in [-0.1, -0.05) is 0 Å². The second kappa shape index (κ2) is 7.01. The third kappa shape index (κ3) is 5.74. The number of hydrogen-bond acceptors (Lipinski definition) is 5. The van der Waals surface area contributed by atoms with E-state index in [1.165, 1.54) is 4.90 Å². The molecule has 1 aliphatic heterocycles. The molecule has 8 heteroatoms. The van der Waals surface area contributed by atoms with Crippen LogP contribution in [-0.4, -0.2) is 65.0 Å². The van der Waals surface area contributed by atoms with E-state index in [9.17, 15) is 17.1 Å². The fourth-order valence-electron chi connectivity index (χ4n) is 1.88. The summed E-state index contributed by atoms with van der Waals surface area (Å²) in [4.78, 5) is 13.0. The number of carbonyl (C=O) groups excluding carboxylic acids is 1. The van der Waals surface area contributed by atoms with E-state index in [0.29, 0.717) is 26.4 Å². The van der Waals surface area contributed by atoms with Gasteiger partial charge >= 0.3 is 10.2 Å². The predicted molar refractivity (Wildman–Crippen MR) is 62.3 cm³/mol. The lowest BCUT2D eigenvalue weighted by Crippen LogP contribution is -2.30. The molecule has 1 saturated heterocycles. The highest BCUT2D eigenvalue weighted by Gasteiger charge is 2.32. The maximum absolute atomic E-state index is 12.5. The van der Waals surface area contributed by atoms with Crippen molar-refractivity contribution in [2.45, 2.75) is 6.42 Å². The Morgan fingerprint density at radius 2 is 2.11 bits per heavy atom. The van der Waals surface area contributed by atoms with E-state index in [0.717, 1.165) is 0 Å². The van der Waals surface area contributed by atoms with Crippen molar-refractivity contribution in [3.05, 3.63) is 0 Å². The third-order valence-corrected chi connectivity index (χ3v) is 3.54. The fourth-order valence-corrected chi connectivity index (χ4v) is 2.67. The van der Waals surface area contributed by atoms with E-state index in [4.69, 9.17) is 9.47 Å². The zero-order chi connectivity index (χ0) is 13.6. The molecule has 1 aliphatic rings. The van der Waals surface area contributed by atoms with Crippen LogP contribution in [0.1, 0.15) is 6.42 Å². The first kappa shape index (κ1) is 15.3. The summed E-state index contributed by atoms with van der Waals surface area (Å²) in [6.45, 7) is 1.96. The first-order chi connectivity index (χ1) is 8.42. The minimum Gasteiger partial charge on any atom is -0.382 e. The highest BCUT2D eigenvalue weighted by atomic mass is 32.3. The minimum absolute atomic E-state index is 0.0845. The molecule has 6 nitrogen and oxygen atoms in total. The van der Waals surface area contributed by atoms with Crippen LogP contribution in [0.4, 0.5) is 3.89 Å². The average Bonchev–Trinajstić information content (AvgIpc) is 2.56. The number of ether oxygens (including phenoxy) is 2. The number of hydrogen-bond donors (Lipinski definition) is 0. The number of likely N-dealkylation sites (tertiary alicyclic amines) is 1. The fraction of sp³-hybridized carbons (Fsp3) is 0.900. The molecule has 0 N–H and O–H groups in total. The second-order valence-corrected chi connectivity index (χ2v) is 5.63. The number of carbonyl (C=O) groups is 1. The van der Waals surface area contributed by atoms with E-state index in [1.807, 2.05) is 0 Å².